The molecular weight excluding hydrogens is 332 g/mol. The second kappa shape index (κ2) is 7.04. The maximum atomic E-state index is 12.7. The van der Waals surface area contributed by atoms with Gasteiger partial charge in [-0.2, -0.15) is 8.78 Å². The third-order valence-electron chi connectivity index (χ3n) is 4.43. The standard InChI is InChI=1S/C18H17F2NO4/c19-18(20)25-15-9-11-4-2-1-3-10(11)8-14(15)16(22)21-13-6-5-12(7-13)17(23)24/h1-4,8-9,12-13,18H,5-7H2,(H,21,22)(H,23,24)/t12-,13+/m1/s1. The molecule has 2 atom stereocenters. The molecule has 2 N–H and O–H groups in total. The number of amides is 1. The van der Waals surface area contributed by atoms with Crippen molar-refractivity contribution >= 4 is 22.6 Å². The Kier molecular flexibility index (Phi) is 4.83. The molecule has 0 spiro atoms. The highest BCUT2D eigenvalue weighted by atomic mass is 19.3. The van der Waals surface area contributed by atoms with Gasteiger partial charge in [0, 0.05) is 6.04 Å². The summed E-state index contributed by atoms with van der Waals surface area (Å²) in [5.41, 5.74) is 0.0118. The number of nitrogens with one attached hydrogen (secondary N) is 1. The molecule has 0 aromatic heterocycles. The van der Waals surface area contributed by atoms with E-state index < -0.39 is 24.4 Å². The third-order valence-corrected chi connectivity index (χ3v) is 4.43. The Morgan fingerprint density at radius 2 is 1.84 bits per heavy atom. The van der Waals surface area contributed by atoms with Gasteiger partial charge in [0.2, 0.25) is 0 Å². The number of rotatable bonds is 5. The number of aliphatic carboxylic acids is 1. The van der Waals surface area contributed by atoms with Crippen molar-refractivity contribution in [2.24, 2.45) is 5.92 Å². The van der Waals surface area contributed by atoms with E-state index in [1.807, 2.05) is 0 Å². The van der Waals surface area contributed by atoms with Crippen LogP contribution in [0.2, 0.25) is 0 Å². The van der Waals surface area contributed by atoms with Crippen molar-refractivity contribution in [2.45, 2.75) is 31.9 Å². The van der Waals surface area contributed by atoms with E-state index in [-0.39, 0.29) is 17.4 Å². The van der Waals surface area contributed by atoms with Gasteiger partial charge in [-0.05, 0) is 42.2 Å². The first kappa shape index (κ1) is 17.1. The lowest BCUT2D eigenvalue weighted by Crippen LogP contribution is -2.33. The number of carboxylic acid groups (broad SMARTS) is 1. The summed E-state index contributed by atoms with van der Waals surface area (Å²) in [5, 5.41) is 13.2. The minimum Gasteiger partial charge on any atom is -0.481 e. The zero-order valence-corrected chi connectivity index (χ0v) is 13.2. The van der Waals surface area contributed by atoms with Crippen molar-refractivity contribution in [2.75, 3.05) is 0 Å². The van der Waals surface area contributed by atoms with Gasteiger partial charge in [0.25, 0.3) is 5.91 Å². The molecule has 1 amide bonds. The van der Waals surface area contributed by atoms with E-state index in [1.54, 1.807) is 24.3 Å². The number of fused-ring (bicyclic) bond motifs is 1. The van der Waals surface area contributed by atoms with Crippen LogP contribution in [0.3, 0.4) is 0 Å². The molecule has 3 rings (SSSR count). The quantitative estimate of drug-likeness (QED) is 0.867. The summed E-state index contributed by atoms with van der Waals surface area (Å²) in [6, 6.07) is 9.68. The first-order valence-electron chi connectivity index (χ1n) is 7.95. The monoisotopic (exact) mass is 349 g/mol. The van der Waals surface area contributed by atoms with Crippen LogP contribution in [-0.4, -0.2) is 29.6 Å². The zero-order chi connectivity index (χ0) is 18.0. The Hall–Kier alpha value is -2.70. The molecule has 132 valence electrons. The summed E-state index contributed by atoms with van der Waals surface area (Å²) >= 11 is 0. The van der Waals surface area contributed by atoms with Crippen LogP contribution in [0.15, 0.2) is 36.4 Å². The molecular formula is C18H17F2NO4. The van der Waals surface area contributed by atoms with Crippen molar-refractivity contribution < 1.29 is 28.2 Å². The van der Waals surface area contributed by atoms with Gasteiger partial charge in [0.05, 0.1) is 11.5 Å². The molecule has 1 aliphatic carbocycles. The lowest BCUT2D eigenvalue weighted by molar-refractivity contribution is -0.141. The van der Waals surface area contributed by atoms with Crippen LogP contribution in [-0.2, 0) is 4.79 Å². The summed E-state index contributed by atoms with van der Waals surface area (Å²) in [5.74, 6) is -2.11. The largest absolute Gasteiger partial charge is 0.481 e. The van der Waals surface area contributed by atoms with Gasteiger partial charge in [0.1, 0.15) is 5.75 Å². The molecule has 0 unspecified atom stereocenters. The summed E-state index contributed by atoms with van der Waals surface area (Å²) < 4.78 is 29.9. The Balaban J connectivity index is 1.85. The molecule has 1 aliphatic rings. The number of carbonyl (C=O) groups is 2. The van der Waals surface area contributed by atoms with Crippen LogP contribution >= 0.6 is 0 Å². The number of halogens is 2. The molecule has 0 radical (unpaired) electrons. The molecule has 0 bridgehead atoms. The number of alkyl halides is 2. The Morgan fingerprint density at radius 1 is 1.16 bits per heavy atom. The lowest BCUT2D eigenvalue weighted by Gasteiger charge is -2.16. The normalized spacial score (nSPS) is 20.0. The van der Waals surface area contributed by atoms with Gasteiger partial charge < -0.3 is 15.2 Å². The van der Waals surface area contributed by atoms with E-state index in [9.17, 15) is 18.4 Å². The number of hydrogen-bond donors (Lipinski definition) is 2. The fraction of sp³-hybridized carbons (Fsp3) is 0.333. The number of carbonyl (C=O) groups excluding carboxylic acids is 1. The first-order valence-corrected chi connectivity index (χ1v) is 7.95. The predicted molar refractivity (Wildman–Crippen MR) is 86.8 cm³/mol. The smallest absolute Gasteiger partial charge is 0.387 e. The Bertz CT molecular complexity index is 809. The molecule has 2 aromatic carbocycles. The molecule has 0 heterocycles. The van der Waals surface area contributed by atoms with Crippen LogP contribution in [0.5, 0.6) is 5.75 Å². The van der Waals surface area contributed by atoms with Crippen molar-refractivity contribution in [1.29, 1.82) is 0 Å². The van der Waals surface area contributed by atoms with Gasteiger partial charge >= 0.3 is 12.6 Å². The zero-order valence-electron chi connectivity index (χ0n) is 13.2. The number of carboxylic acids is 1. The highest BCUT2D eigenvalue weighted by Gasteiger charge is 2.31. The van der Waals surface area contributed by atoms with Crippen molar-refractivity contribution in [1.82, 2.24) is 5.32 Å². The van der Waals surface area contributed by atoms with Gasteiger partial charge in [-0.1, -0.05) is 24.3 Å². The summed E-state index contributed by atoms with van der Waals surface area (Å²) in [4.78, 5) is 23.5. The number of hydrogen-bond acceptors (Lipinski definition) is 3. The first-order chi connectivity index (χ1) is 11.9. The lowest BCUT2D eigenvalue weighted by atomic mass is 10.0. The SMILES string of the molecule is O=C(N[C@H]1CC[C@@H](C(=O)O)C1)c1cc2ccccc2cc1OC(F)F. The second-order valence-electron chi connectivity index (χ2n) is 6.09. The number of ether oxygens (including phenoxy) is 1. The molecule has 1 fully saturated rings. The van der Waals surface area contributed by atoms with E-state index in [0.29, 0.717) is 24.6 Å². The fourth-order valence-corrected chi connectivity index (χ4v) is 3.19. The molecule has 2 aromatic rings. The van der Waals surface area contributed by atoms with Crippen molar-refractivity contribution in [3.05, 3.63) is 42.0 Å². The van der Waals surface area contributed by atoms with Gasteiger partial charge in [-0.3, -0.25) is 9.59 Å². The molecule has 5 nitrogen and oxygen atoms in total. The average molecular weight is 349 g/mol. The van der Waals surface area contributed by atoms with Gasteiger partial charge in [-0.25, -0.2) is 0 Å². The molecule has 0 aliphatic heterocycles. The Morgan fingerprint density at radius 3 is 2.44 bits per heavy atom. The van der Waals surface area contributed by atoms with Crippen molar-refractivity contribution in [3.63, 3.8) is 0 Å². The van der Waals surface area contributed by atoms with Crippen LogP contribution in [0.25, 0.3) is 10.8 Å². The topological polar surface area (TPSA) is 75.6 Å². The van der Waals surface area contributed by atoms with Crippen LogP contribution in [0.1, 0.15) is 29.6 Å². The molecule has 0 saturated heterocycles. The maximum Gasteiger partial charge on any atom is 0.387 e. The second-order valence-corrected chi connectivity index (χ2v) is 6.09. The van der Waals surface area contributed by atoms with Crippen molar-refractivity contribution in [3.8, 4) is 5.75 Å². The molecule has 7 heteroatoms. The van der Waals surface area contributed by atoms with E-state index >= 15 is 0 Å². The molecule has 1 saturated carbocycles. The third kappa shape index (κ3) is 3.87. The van der Waals surface area contributed by atoms with Crippen LogP contribution < -0.4 is 10.1 Å². The number of benzene rings is 2. The van der Waals surface area contributed by atoms with E-state index in [1.165, 1.54) is 12.1 Å². The van der Waals surface area contributed by atoms with Crippen LogP contribution in [0.4, 0.5) is 8.78 Å². The minimum atomic E-state index is -3.05. The highest BCUT2D eigenvalue weighted by molar-refractivity contribution is 6.01. The summed E-state index contributed by atoms with van der Waals surface area (Å²) in [6.07, 6.45) is 1.36. The van der Waals surface area contributed by atoms with E-state index in [2.05, 4.69) is 10.1 Å². The Labute approximate surface area is 142 Å². The maximum absolute atomic E-state index is 12.7. The predicted octanol–water partition coefficient (Wildman–Crippen LogP) is 3.42. The summed E-state index contributed by atoms with van der Waals surface area (Å²) in [6.45, 7) is -3.05. The highest BCUT2D eigenvalue weighted by Crippen LogP contribution is 2.29. The summed E-state index contributed by atoms with van der Waals surface area (Å²) in [7, 11) is 0. The average Bonchev–Trinajstić information content (AvgIpc) is 3.02. The van der Waals surface area contributed by atoms with E-state index in [4.69, 9.17) is 5.11 Å². The fourth-order valence-electron chi connectivity index (χ4n) is 3.19. The van der Waals surface area contributed by atoms with Gasteiger partial charge in [-0.15, -0.1) is 0 Å². The van der Waals surface area contributed by atoms with Crippen LogP contribution in [0, 0.1) is 5.92 Å². The molecule has 25 heavy (non-hydrogen) atoms. The minimum absolute atomic E-state index is 0.0118. The van der Waals surface area contributed by atoms with E-state index in [0.717, 1.165) is 5.39 Å². The van der Waals surface area contributed by atoms with Gasteiger partial charge in [0.15, 0.2) is 0 Å².